The number of carbonyl (C=O) groups excluding carboxylic acids is 1. The third-order valence-electron chi connectivity index (χ3n) is 3.28. The van der Waals surface area contributed by atoms with Crippen LogP contribution in [0.3, 0.4) is 0 Å². The summed E-state index contributed by atoms with van der Waals surface area (Å²) in [6, 6.07) is 4.56. The summed E-state index contributed by atoms with van der Waals surface area (Å²) in [5.74, 6) is -0.0253. The third kappa shape index (κ3) is 3.09. The van der Waals surface area contributed by atoms with Crippen LogP contribution in [0.5, 0.6) is 0 Å². The molecule has 1 fully saturated rings. The lowest BCUT2D eigenvalue weighted by molar-refractivity contribution is -0.123. The number of benzene rings is 1. The number of amides is 1. The summed E-state index contributed by atoms with van der Waals surface area (Å²) in [6.07, 6.45) is 1.00. The lowest BCUT2D eigenvalue weighted by atomic mass is 10.0. The summed E-state index contributed by atoms with van der Waals surface area (Å²) < 4.78 is 14.3. The maximum absolute atomic E-state index is 13.5. The SMILES string of the molecule is CC1CCNC1C(=O)NCc1cc(Br)ccc1F. The van der Waals surface area contributed by atoms with Crippen molar-refractivity contribution in [3.8, 4) is 0 Å². The minimum atomic E-state index is -0.300. The molecule has 2 rings (SSSR count). The van der Waals surface area contributed by atoms with Crippen LogP contribution in [0.15, 0.2) is 22.7 Å². The van der Waals surface area contributed by atoms with E-state index in [2.05, 4.69) is 26.6 Å². The predicted molar refractivity (Wildman–Crippen MR) is 71.5 cm³/mol. The van der Waals surface area contributed by atoms with Gasteiger partial charge in [-0.25, -0.2) is 4.39 Å². The summed E-state index contributed by atoms with van der Waals surface area (Å²) in [4.78, 5) is 11.9. The molecule has 1 amide bonds. The highest BCUT2D eigenvalue weighted by Crippen LogP contribution is 2.17. The highest BCUT2D eigenvalue weighted by molar-refractivity contribution is 9.10. The molecule has 1 aromatic rings. The minimum absolute atomic E-state index is 0.0561. The Morgan fingerprint density at radius 3 is 3.06 bits per heavy atom. The van der Waals surface area contributed by atoms with Gasteiger partial charge in [-0.15, -0.1) is 0 Å². The molecule has 0 bridgehead atoms. The fraction of sp³-hybridized carbons (Fsp3) is 0.462. The first-order chi connectivity index (χ1) is 8.58. The summed E-state index contributed by atoms with van der Waals surface area (Å²) in [6.45, 7) is 3.13. The van der Waals surface area contributed by atoms with E-state index >= 15 is 0 Å². The van der Waals surface area contributed by atoms with Crippen LogP contribution in [0, 0.1) is 11.7 Å². The Morgan fingerprint density at radius 2 is 2.39 bits per heavy atom. The smallest absolute Gasteiger partial charge is 0.237 e. The van der Waals surface area contributed by atoms with E-state index in [0.29, 0.717) is 11.5 Å². The zero-order valence-corrected chi connectivity index (χ0v) is 11.8. The van der Waals surface area contributed by atoms with E-state index in [9.17, 15) is 9.18 Å². The number of carbonyl (C=O) groups is 1. The second-order valence-electron chi connectivity index (χ2n) is 4.65. The molecule has 0 aromatic heterocycles. The van der Waals surface area contributed by atoms with E-state index in [0.717, 1.165) is 17.4 Å². The first kappa shape index (κ1) is 13.5. The Hall–Kier alpha value is -0.940. The fourth-order valence-corrected chi connectivity index (χ4v) is 2.57. The molecule has 0 spiro atoms. The molecular weight excluding hydrogens is 299 g/mol. The van der Waals surface area contributed by atoms with Gasteiger partial charge in [0.05, 0.1) is 6.04 Å². The first-order valence-corrected chi connectivity index (χ1v) is 6.82. The molecule has 1 aromatic carbocycles. The maximum atomic E-state index is 13.5. The largest absolute Gasteiger partial charge is 0.351 e. The van der Waals surface area contributed by atoms with Crippen molar-refractivity contribution in [2.75, 3.05) is 6.54 Å². The molecule has 1 heterocycles. The van der Waals surface area contributed by atoms with Crippen LogP contribution in [0.25, 0.3) is 0 Å². The Morgan fingerprint density at radius 1 is 1.61 bits per heavy atom. The Kier molecular flexibility index (Phi) is 4.35. The highest BCUT2D eigenvalue weighted by atomic mass is 79.9. The van der Waals surface area contributed by atoms with Crippen molar-refractivity contribution >= 4 is 21.8 Å². The van der Waals surface area contributed by atoms with Gasteiger partial charge in [0.1, 0.15) is 5.82 Å². The quantitative estimate of drug-likeness (QED) is 0.898. The molecule has 18 heavy (non-hydrogen) atoms. The van der Waals surface area contributed by atoms with Gasteiger partial charge in [0.25, 0.3) is 0 Å². The van der Waals surface area contributed by atoms with Gasteiger partial charge in [-0.05, 0) is 37.1 Å². The molecule has 1 aliphatic heterocycles. The summed E-state index contributed by atoms with van der Waals surface area (Å²) in [5.41, 5.74) is 0.489. The van der Waals surface area contributed by atoms with Gasteiger partial charge in [-0.2, -0.15) is 0 Å². The van der Waals surface area contributed by atoms with E-state index in [-0.39, 0.29) is 24.3 Å². The molecule has 98 valence electrons. The summed E-state index contributed by atoms with van der Waals surface area (Å²) >= 11 is 3.29. The van der Waals surface area contributed by atoms with E-state index in [1.165, 1.54) is 6.07 Å². The molecule has 0 saturated carbocycles. The van der Waals surface area contributed by atoms with Gasteiger partial charge in [-0.1, -0.05) is 22.9 Å². The first-order valence-electron chi connectivity index (χ1n) is 6.03. The standard InChI is InChI=1S/C13H16BrFN2O/c1-8-4-5-16-12(8)13(18)17-7-9-6-10(14)2-3-11(9)15/h2-3,6,8,12,16H,4-5,7H2,1H3,(H,17,18). The van der Waals surface area contributed by atoms with Gasteiger partial charge in [-0.3, -0.25) is 4.79 Å². The highest BCUT2D eigenvalue weighted by Gasteiger charge is 2.28. The van der Waals surface area contributed by atoms with Crippen molar-refractivity contribution in [1.82, 2.24) is 10.6 Å². The van der Waals surface area contributed by atoms with Gasteiger partial charge in [0, 0.05) is 16.6 Å². The van der Waals surface area contributed by atoms with Crippen molar-refractivity contribution in [2.45, 2.75) is 25.9 Å². The van der Waals surface area contributed by atoms with Crippen molar-refractivity contribution in [3.05, 3.63) is 34.1 Å². The lowest BCUT2D eigenvalue weighted by Gasteiger charge is -2.15. The number of hydrogen-bond donors (Lipinski definition) is 2. The van der Waals surface area contributed by atoms with Crippen molar-refractivity contribution in [3.63, 3.8) is 0 Å². The molecule has 2 N–H and O–H groups in total. The average molecular weight is 315 g/mol. The topological polar surface area (TPSA) is 41.1 Å². The molecule has 0 aliphatic carbocycles. The third-order valence-corrected chi connectivity index (χ3v) is 3.77. The molecule has 2 atom stereocenters. The Balaban J connectivity index is 1.95. The van der Waals surface area contributed by atoms with Crippen LogP contribution in [-0.4, -0.2) is 18.5 Å². The maximum Gasteiger partial charge on any atom is 0.237 e. The molecular formula is C13H16BrFN2O. The summed E-state index contributed by atoms with van der Waals surface area (Å²) in [7, 11) is 0. The minimum Gasteiger partial charge on any atom is -0.351 e. The van der Waals surface area contributed by atoms with Gasteiger partial charge in [0.15, 0.2) is 0 Å². The van der Waals surface area contributed by atoms with Crippen LogP contribution in [0.1, 0.15) is 18.9 Å². The van der Waals surface area contributed by atoms with Gasteiger partial charge < -0.3 is 10.6 Å². The van der Waals surface area contributed by atoms with Crippen LogP contribution >= 0.6 is 15.9 Å². The summed E-state index contributed by atoms with van der Waals surface area (Å²) in [5, 5.41) is 5.93. The van der Waals surface area contributed by atoms with Crippen LogP contribution < -0.4 is 10.6 Å². The van der Waals surface area contributed by atoms with Gasteiger partial charge in [0.2, 0.25) is 5.91 Å². The van der Waals surface area contributed by atoms with Crippen molar-refractivity contribution in [1.29, 1.82) is 0 Å². The van der Waals surface area contributed by atoms with Crippen molar-refractivity contribution in [2.24, 2.45) is 5.92 Å². The number of hydrogen-bond acceptors (Lipinski definition) is 2. The molecule has 2 unspecified atom stereocenters. The Labute approximate surface area is 114 Å². The predicted octanol–water partition coefficient (Wildman–Crippen LogP) is 2.20. The van der Waals surface area contributed by atoms with E-state index in [4.69, 9.17) is 0 Å². The van der Waals surface area contributed by atoms with E-state index in [1.54, 1.807) is 12.1 Å². The lowest BCUT2D eigenvalue weighted by Crippen LogP contribution is -2.43. The zero-order chi connectivity index (χ0) is 13.1. The van der Waals surface area contributed by atoms with Gasteiger partial charge >= 0.3 is 0 Å². The molecule has 0 radical (unpaired) electrons. The molecule has 1 aliphatic rings. The number of rotatable bonds is 3. The average Bonchev–Trinajstić information content (AvgIpc) is 2.76. The molecule has 5 heteroatoms. The van der Waals surface area contributed by atoms with E-state index in [1.807, 2.05) is 6.92 Å². The Bertz CT molecular complexity index is 453. The van der Waals surface area contributed by atoms with Crippen LogP contribution in [-0.2, 0) is 11.3 Å². The normalized spacial score (nSPS) is 23.1. The fourth-order valence-electron chi connectivity index (χ4n) is 2.16. The zero-order valence-electron chi connectivity index (χ0n) is 10.2. The molecule has 3 nitrogen and oxygen atoms in total. The van der Waals surface area contributed by atoms with E-state index < -0.39 is 0 Å². The number of nitrogens with one attached hydrogen (secondary N) is 2. The van der Waals surface area contributed by atoms with Crippen LogP contribution in [0.4, 0.5) is 4.39 Å². The second-order valence-corrected chi connectivity index (χ2v) is 5.57. The van der Waals surface area contributed by atoms with Crippen molar-refractivity contribution < 1.29 is 9.18 Å². The number of halogens is 2. The monoisotopic (exact) mass is 314 g/mol. The second kappa shape index (κ2) is 5.80. The molecule has 1 saturated heterocycles. The van der Waals surface area contributed by atoms with Crippen LogP contribution in [0.2, 0.25) is 0 Å².